The van der Waals surface area contributed by atoms with Crippen LogP contribution in [0.25, 0.3) is 11.0 Å². The van der Waals surface area contributed by atoms with E-state index in [4.69, 9.17) is 4.74 Å². The summed E-state index contributed by atoms with van der Waals surface area (Å²) in [5.41, 5.74) is 1.73. The first-order chi connectivity index (χ1) is 13.4. The highest BCUT2D eigenvalue weighted by Crippen LogP contribution is 2.16. The van der Waals surface area contributed by atoms with Gasteiger partial charge in [-0.15, -0.1) is 0 Å². The molecule has 0 atom stereocenters. The predicted octanol–water partition coefficient (Wildman–Crippen LogP) is 1.45. The predicted molar refractivity (Wildman–Crippen MR) is 106 cm³/mol. The van der Waals surface area contributed by atoms with E-state index in [9.17, 15) is 14.4 Å². The molecule has 0 unspecified atom stereocenters. The smallest absolute Gasteiger partial charge is 0.329 e. The van der Waals surface area contributed by atoms with Gasteiger partial charge in [0.1, 0.15) is 12.3 Å². The Kier molecular flexibility index (Phi) is 5.49. The summed E-state index contributed by atoms with van der Waals surface area (Å²) in [6.45, 7) is -0.265. The molecule has 1 aromatic heterocycles. The first kappa shape index (κ1) is 19.2. The van der Waals surface area contributed by atoms with Crippen molar-refractivity contribution in [2.24, 2.45) is 7.05 Å². The number of ether oxygens (including phenoxy) is 1. The average Bonchev–Trinajstić information content (AvgIpc) is 2.93. The fraction of sp³-hybridized carbons (Fsp3) is 0.250. The van der Waals surface area contributed by atoms with Crippen LogP contribution in [-0.4, -0.2) is 46.6 Å². The number of nitrogens with one attached hydrogen (secondary N) is 1. The topological polar surface area (TPSA) is 85.6 Å². The number of carbonyl (C=O) groups excluding carboxylic acids is 2. The molecule has 0 saturated carbocycles. The molecule has 1 heterocycles. The number of aromatic nitrogens is 2. The molecule has 0 aliphatic carbocycles. The van der Waals surface area contributed by atoms with Gasteiger partial charge in [0.15, 0.2) is 0 Å². The molecule has 0 fully saturated rings. The zero-order chi connectivity index (χ0) is 20.3. The molecule has 8 heteroatoms. The summed E-state index contributed by atoms with van der Waals surface area (Å²) in [5.74, 6) is -0.0498. The van der Waals surface area contributed by atoms with Crippen molar-refractivity contribution in [3.05, 3.63) is 59.0 Å². The van der Waals surface area contributed by atoms with Crippen molar-refractivity contribution in [3.63, 3.8) is 0 Å². The van der Waals surface area contributed by atoms with E-state index in [1.54, 1.807) is 44.5 Å². The number of anilines is 1. The minimum atomic E-state index is -0.339. The summed E-state index contributed by atoms with van der Waals surface area (Å²) in [6.07, 6.45) is 0. The van der Waals surface area contributed by atoms with Crippen LogP contribution in [0.3, 0.4) is 0 Å². The van der Waals surface area contributed by atoms with Gasteiger partial charge in [-0.1, -0.05) is 18.2 Å². The Bertz CT molecular complexity index is 1080. The van der Waals surface area contributed by atoms with Crippen LogP contribution in [0.2, 0.25) is 0 Å². The van der Waals surface area contributed by atoms with Gasteiger partial charge in [-0.3, -0.25) is 18.7 Å². The number of fused-ring (bicyclic) bond motifs is 1. The first-order valence-electron chi connectivity index (χ1n) is 8.73. The van der Waals surface area contributed by atoms with Gasteiger partial charge in [0.25, 0.3) is 0 Å². The van der Waals surface area contributed by atoms with Gasteiger partial charge in [0.2, 0.25) is 11.8 Å². The van der Waals surface area contributed by atoms with E-state index in [1.807, 2.05) is 18.2 Å². The second-order valence-corrected chi connectivity index (χ2v) is 6.45. The number of methoxy groups -OCH3 is 1. The van der Waals surface area contributed by atoms with E-state index < -0.39 is 0 Å². The maximum absolute atomic E-state index is 12.6. The number of benzene rings is 2. The molecular weight excluding hydrogens is 360 g/mol. The highest BCUT2D eigenvalue weighted by Gasteiger charge is 2.17. The van der Waals surface area contributed by atoms with E-state index in [0.717, 1.165) is 5.52 Å². The fourth-order valence-electron chi connectivity index (χ4n) is 2.98. The van der Waals surface area contributed by atoms with Gasteiger partial charge in [-0.2, -0.15) is 0 Å². The zero-order valence-corrected chi connectivity index (χ0v) is 16.0. The normalized spacial score (nSPS) is 10.7. The van der Waals surface area contributed by atoms with Crippen LogP contribution in [0.1, 0.15) is 0 Å². The lowest BCUT2D eigenvalue weighted by atomic mass is 10.3. The Morgan fingerprint density at radius 1 is 1.11 bits per heavy atom. The molecule has 146 valence electrons. The number of aryl methyl sites for hydroxylation is 1. The van der Waals surface area contributed by atoms with Gasteiger partial charge in [-0.05, 0) is 24.3 Å². The summed E-state index contributed by atoms with van der Waals surface area (Å²) in [4.78, 5) is 38.5. The maximum atomic E-state index is 12.6. The van der Waals surface area contributed by atoms with Crippen LogP contribution in [0.15, 0.2) is 53.3 Å². The van der Waals surface area contributed by atoms with Crippen molar-refractivity contribution in [2.45, 2.75) is 6.54 Å². The second kappa shape index (κ2) is 7.99. The molecule has 0 saturated heterocycles. The molecule has 0 bridgehead atoms. The molecule has 1 N–H and O–H groups in total. The highest BCUT2D eigenvalue weighted by atomic mass is 16.5. The van der Waals surface area contributed by atoms with E-state index in [2.05, 4.69) is 5.32 Å². The van der Waals surface area contributed by atoms with Gasteiger partial charge in [0.05, 0.1) is 24.7 Å². The molecule has 0 aliphatic rings. The van der Waals surface area contributed by atoms with Crippen molar-refractivity contribution >= 4 is 28.5 Å². The van der Waals surface area contributed by atoms with Crippen LogP contribution >= 0.6 is 0 Å². The van der Waals surface area contributed by atoms with E-state index in [0.29, 0.717) is 17.0 Å². The van der Waals surface area contributed by atoms with Crippen molar-refractivity contribution < 1.29 is 14.3 Å². The summed E-state index contributed by atoms with van der Waals surface area (Å²) in [7, 11) is 4.74. The lowest BCUT2D eigenvalue weighted by Gasteiger charge is -2.17. The van der Waals surface area contributed by atoms with E-state index in [1.165, 1.54) is 21.1 Å². The Morgan fingerprint density at radius 3 is 2.54 bits per heavy atom. The van der Waals surface area contributed by atoms with Crippen molar-refractivity contribution in [3.8, 4) is 5.75 Å². The number of imidazole rings is 1. The van der Waals surface area contributed by atoms with Crippen LogP contribution in [0.5, 0.6) is 5.75 Å². The van der Waals surface area contributed by atoms with Gasteiger partial charge in [-0.25, -0.2) is 4.79 Å². The second-order valence-electron chi connectivity index (χ2n) is 6.45. The molecule has 0 aliphatic heterocycles. The van der Waals surface area contributed by atoms with Crippen molar-refractivity contribution in [1.82, 2.24) is 14.0 Å². The molecular formula is C20H22N4O4. The minimum absolute atomic E-state index is 0.129. The Hall–Kier alpha value is -3.55. The summed E-state index contributed by atoms with van der Waals surface area (Å²) < 4.78 is 8.03. The molecule has 8 nitrogen and oxygen atoms in total. The minimum Gasteiger partial charge on any atom is -0.497 e. The monoisotopic (exact) mass is 382 g/mol. The van der Waals surface area contributed by atoms with Gasteiger partial charge >= 0.3 is 5.69 Å². The SMILES string of the molecule is COc1cccc(NC(=O)CN(C)C(=O)Cn2c(=O)n(C)c3ccccc32)c1. The number of hydrogen-bond donors (Lipinski definition) is 1. The number of para-hydroxylation sites is 2. The van der Waals surface area contributed by atoms with Crippen LogP contribution in [-0.2, 0) is 23.2 Å². The van der Waals surface area contributed by atoms with Crippen molar-refractivity contribution in [2.75, 3.05) is 26.0 Å². The quantitative estimate of drug-likeness (QED) is 0.699. The molecule has 0 spiro atoms. The lowest BCUT2D eigenvalue weighted by molar-refractivity contribution is -0.133. The lowest BCUT2D eigenvalue weighted by Crippen LogP contribution is -2.38. The molecule has 3 rings (SSSR count). The average molecular weight is 382 g/mol. The summed E-state index contributed by atoms with van der Waals surface area (Å²) in [5, 5.41) is 2.73. The number of hydrogen-bond acceptors (Lipinski definition) is 4. The number of rotatable bonds is 6. The third-order valence-corrected chi connectivity index (χ3v) is 4.51. The maximum Gasteiger partial charge on any atom is 0.329 e. The standard InChI is InChI=1S/C20H22N4O4/c1-22(12-18(25)21-14-7-6-8-15(11-14)28-3)19(26)13-24-17-10-5-4-9-16(17)23(2)20(24)27/h4-11H,12-13H2,1-3H3,(H,21,25). The Labute approximate surface area is 161 Å². The fourth-order valence-corrected chi connectivity index (χ4v) is 2.98. The molecule has 2 aromatic carbocycles. The summed E-state index contributed by atoms with van der Waals surface area (Å²) in [6, 6.07) is 14.2. The Balaban J connectivity index is 1.67. The number of nitrogens with zero attached hydrogens (tertiary/aromatic N) is 3. The van der Waals surface area contributed by atoms with Gasteiger partial charge in [0, 0.05) is 25.8 Å². The number of amides is 2. The number of likely N-dealkylation sites (N-methyl/N-ethyl adjacent to an activating group) is 1. The molecule has 0 radical (unpaired) electrons. The third kappa shape index (κ3) is 3.90. The Morgan fingerprint density at radius 2 is 1.82 bits per heavy atom. The van der Waals surface area contributed by atoms with E-state index >= 15 is 0 Å². The zero-order valence-electron chi connectivity index (χ0n) is 16.0. The third-order valence-electron chi connectivity index (χ3n) is 4.51. The molecule has 28 heavy (non-hydrogen) atoms. The molecule has 3 aromatic rings. The first-order valence-corrected chi connectivity index (χ1v) is 8.73. The highest BCUT2D eigenvalue weighted by molar-refractivity contribution is 5.94. The van der Waals surface area contributed by atoms with Crippen LogP contribution < -0.4 is 15.7 Å². The number of carbonyl (C=O) groups is 2. The van der Waals surface area contributed by atoms with E-state index in [-0.39, 0.29) is 30.6 Å². The van der Waals surface area contributed by atoms with Gasteiger partial charge < -0.3 is 15.0 Å². The van der Waals surface area contributed by atoms with Crippen molar-refractivity contribution in [1.29, 1.82) is 0 Å². The van der Waals surface area contributed by atoms with Crippen LogP contribution in [0.4, 0.5) is 5.69 Å². The summed E-state index contributed by atoms with van der Waals surface area (Å²) >= 11 is 0. The largest absolute Gasteiger partial charge is 0.497 e. The molecule has 2 amide bonds. The van der Waals surface area contributed by atoms with Crippen LogP contribution in [0, 0.1) is 0 Å².